The highest BCUT2D eigenvalue weighted by Gasteiger charge is 2.16. The molecule has 0 radical (unpaired) electrons. The van der Waals surface area contributed by atoms with Gasteiger partial charge in [-0.15, -0.1) is 17.7 Å². The third-order valence-corrected chi connectivity index (χ3v) is 4.50. The average Bonchev–Trinajstić information content (AvgIpc) is 2.55. The number of anilines is 1. The average molecular weight is 336 g/mol. The van der Waals surface area contributed by atoms with Gasteiger partial charge in [-0.25, -0.2) is 11.0 Å². The topological polar surface area (TPSA) is 79.7 Å². The molecule has 0 aromatic heterocycles. The summed E-state index contributed by atoms with van der Waals surface area (Å²) >= 11 is 4.43. The number of nitrogens with one attached hydrogen (secondary N) is 1. The van der Waals surface area contributed by atoms with Crippen molar-refractivity contribution in [3.05, 3.63) is 23.8 Å². The summed E-state index contributed by atoms with van der Waals surface area (Å²) in [4.78, 5) is 0.865. The molecule has 0 amide bonds. The number of hydrazone groups is 1. The quantitative estimate of drug-likeness (QED) is 0.203. The van der Waals surface area contributed by atoms with Gasteiger partial charge in [0.1, 0.15) is 0 Å². The minimum absolute atomic E-state index is 0.429. The maximum absolute atomic E-state index is 6.20. The van der Waals surface area contributed by atoms with Crippen LogP contribution in [0.4, 0.5) is 5.69 Å². The van der Waals surface area contributed by atoms with E-state index < -0.39 is 0 Å². The molecule has 0 spiro atoms. The predicted molar refractivity (Wildman–Crippen MR) is 101 cm³/mol. The van der Waals surface area contributed by atoms with Crippen LogP contribution in [0, 0.1) is 0 Å². The van der Waals surface area contributed by atoms with Crippen LogP contribution in [-0.4, -0.2) is 23.5 Å². The van der Waals surface area contributed by atoms with Crippen LogP contribution in [0.3, 0.4) is 0 Å². The van der Waals surface area contributed by atoms with Crippen molar-refractivity contribution in [2.45, 2.75) is 62.8 Å². The van der Waals surface area contributed by atoms with Crippen LogP contribution in [0.1, 0.15) is 57.4 Å². The standard InChI is InChI=1S/C17H29N5S/c1-2-3-11-22(19)21-17(18)15-12-14(23)9-10-16(15)20-13-7-5-4-6-8-13/h9-10,12-13,20,23H,2-8,11,19H2,1H3,(H2,18,21). The summed E-state index contributed by atoms with van der Waals surface area (Å²) in [6.07, 6.45) is 8.39. The van der Waals surface area contributed by atoms with Gasteiger partial charge in [0.15, 0.2) is 5.84 Å². The third-order valence-electron chi connectivity index (χ3n) is 4.22. The van der Waals surface area contributed by atoms with E-state index in [1.165, 1.54) is 37.2 Å². The molecule has 2 rings (SSSR count). The molecular weight excluding hydrogens is 306 g/mol. The molecule has 0 aliphatic heterocycles. The Morgan fingerprint density at radius 2 is 2.09 bits per heavy atom. The van der Waals surface area contributed by atoms with E-state index in [9.17, 15) is 0 Å². The van der Waals surface area contributed by atoms with Gasteiger partial charge in [0.2, 0.25) is 0 Å². The first kappa shape index (κ1) is 17.9. The molecule has 1 aliphatic carbocycles. The largest absolute Gasteiger partial charge is 0.382 e. The first-order valence-corrected chi connectivity index (χ1v) is 9.01. The second-order valence-corrected chi connectivity index (χ2v) is 6.73. The summed E-state index contributed by atoms with van der Waals surface area (Å²) in [7, 11) is 0. The van der Waals surface area contributed by atoms with Crippen LogP contribution in [0.25, 0.3) is 0 Å². The van der Waals surface area contributed by atoms with E-state index in [2.05, 4.69) is 30.0 Å². The lowest BCUT2D eigenvalue weighted by molar-refractivity contribution is 0.293. The van der Waals surface area contributed by atoms with Crippen molar-refractivity contribution in [2.24, 2.45) is 16.7 Å². The highest BCUT2D eigenvalue weighted by molar-refractivity contribution is 7.80. The van der Waals surface area contributed by atoms with E-state index in [0.29, 0.717) is 18.4 Å². The molecule has 1 aromatic rings. The Labute approximate surface area is 144 Å². The first-order chi connectivity index (χ1) is 11.1. The van der Waals surface area contributed by atoms with Crippen molar-refractivity contribution < 1.29 is 0 Å². The molecule has 1 fully saturated rings. The molecule has 5 N–H and O–H groups in total. The number of nitrogens with two attached hydrogens (primary N) is 2. The van der Waals surface area contributed by atoms with Gasteiger partial charge in [-0.05, 0) is 37.5 Å². The van der Waals surface area contributed by atoms with Crippen molar-refractivity contribution in [3.63, 3.8) is 0 Å². The van der Waals surface area contributed by atoms with E-state index in [1.54, 1.807) is 0 Å². The lowest BCUT2D eigenvalue weighted by atomic mass is 9.95. The summed E-state index contributed by atoms with van der Waals surface area (Å²) in [5.74, 6) is 6.33. The summed E-state index contributed by atoms with van der Waals surface area (Å²) < 4.78 is 0. The lowest BCUT2D eigenvalue weighted by Crippen LogP contribution is -2.31. The van der Waals surface area contributed by atoms with E-state index >= 15 is 0 Å². The predicted octanol–water partition coefficient (Wildman–Crippen LogP) is 3.32. The molecule has 0 saturated heterocycles. The monoisotopic (exact) mass is 335 g/mol. The number of hydrazine groups is 1. The van der Waals surface area contributed by atoms with Gasteiger partial charge >= 0.3 is 0 Å². The Morgan fingerprint density at radius 1 is 1.35 bits per heavy atom. The number of hydrogen-bond donors (Lipinski definition) is 4. The zero-order chi connectivity index (χ0) is 16.7. The maximum atomic E-state index is 6.20. The third kappa shape index (κ3) is 5.62. The van der Waals surface area contributed by atoms with Crippen LogP contribution in [0.15, 0.2) is 28.2 Å². The van der Waals surface area contributed by atoms with Crippen molar-refractivity contribution in [3.8, 4) is 0 Å². The fraction of sp³-hybridized carbons (Fsp3) is 0.588. The molecule has 1 saturated carbocycles. The number of thiol groups is 1. The van der Waals surface area contributed by atoms with E-state index in [-0.39, 0.29) is 0 Å². The second-order valence-electron chi connectivity index (χ2n) is 6.21. The number of unbranched alkanes of at least 4 members (excludes halogenated alkanes) is 1. The van der Waals surface area contributed by atoms with Gasteiger partial charge in [-0.1, -0.05) is 32.6 Å². The zero-order valence-corrected chi connectivity index (χ0v) is 14.9. The van der Waals surface area contributed by atoms with Gasteiger partial charge in [-0.2, -0.15) is 0 Å². The number of nitrogens with zero attached hydrogens (tertiary/aromatic N) is 2. The van der Waals surface area contributed by atoms with Crippen LogP contribution >= 0.6 is 12.6 Å². The minimum Gasteiger partial charge on any atom is -0.382 e. The normalized spacial score (nSPS) is 16.4. The minimum atomic E-state index is 0.429. The van der Waals surface area contributed by atoms with Crippen LogP contribution in [-0.2, 0) is 0 Å². The summed E-state index contributed by atoms with van der Waals surface area (Å²) in [6, 6.07) is 6.46. The Balaban J connectivity index is 2.15. The maximum Gasteiger partial charge on any atom is 0.154 e. The molecule has 0 heterocycles. The van der Waals surface area contributed by atoms with Gasteiger partial charge in [0, 0.05) is 22.2 Å². The Morgan fingerprint density at radius 3 is 2.78 bits per heavy atom. The van der Waals surface area contributed by atoms with E-state index in [0.717, 1.165) is 29.0 Å². The Kier molecular flexibility index (Phi) is 7.05. The SMILES string of the molecule is CCCCN(N)/N=C(\N)c1cc(S)ccc1NC1CCCCC1. The zero-order valence-electron chi connectivity index (χ0n) is 14.0. The number of amidine groups is 1. The molecule has 5 nitrogen and oxygen atoms in total. The summed E-state index contributed by atoms with van der Waals surface area (Å²) in [5.41, 5.74) is 8.08. The fourth-order valence-corrected chi connectivity index (χ4v) is 3.10. The van der Waals surface area contributed by atoms with Crippen molar-refractivity contribution in [1.82, 2.24) is 5.12 Å². The highest BCUT2D eigenvalue weighted by atomic mass is 32.1. The molecule has 1 aromatic carbocycles. The number of benzene rings is 1. The molecular formula is C17H29N5S. The van der Waals surface area contributed by atoms with E-state index in [4.69, 9.17) is 11.6 Å². The Hall–Kier alpha value is -1.40. The number of rotatable bonds is 7. The fourth-order valence-electron chi connectivity index (χ4n) is 2.90. The second kappa shape index (κ2) is 9.03. The van der Waals surface area contributed by atoms with Crippen LogP contribution < -0.4 is 16.9 Å². The molecule has 6 heteroatoms. The van der Waals surface area contributed by atoms with E-state index in [1.807, 2.05) is 18.2 Å². The molecule has 0 unspecified atom stereocenters. The highest BCUT2D eigenvalue weighted by Crippen LogP contribution is 2.25. The first-order valence-electron chi connectivity index (χ1n) is 8.56. The molecule has 128 valence electrons. The smallest absolute Gasteiger partial charge is 0.154 e. The number of hydrogen-bond acceptors (Lipinski definition) is 5. The Bertz CT molecular complexity index is 526. The molecule has 0 bridgehead atoms. The summed E-state index contributed by atoms with van der Waals surface area (Å²) in [6.45, 7) is 2.82. The molecule has 23 heavy (non-hydrogen) atoms. The van der Waals surface area contributed by atoms with Crippen LogP contribution in [0.5, 0.6) is 0 Å². The summed E-state index contributed by atoms with van der Waals surface area (Å²) in [5, 5.41) is 9.36. The van der Waals surface area contributed by atoms with Crippen molar-refractivity contribution in [2.75, 3.05) is 11.9 Å². The van der Waals surface area contributed by atoms with Gasteiger partial charge in [0.25, 0.3) is 0 Å². The molecule has 1 aliphatic rings. The molecule has 0 atom stereocenters. The van der Waals surface area contributed by atoms with Gasteiger partial charge < -0.3 is 11.1 Å². The van der Waals surface area contributed by atoms with Gasteiger partial charge in [-0.3, -0.25) is 0 Å². The van der Waals surface area contributed by atoms with Gasteiger partial charge in [0.05, 0.1) is 6.54 Å². The van der Waals surface area contributed by atoms with Crippen molar-refractivity contribution >= 4 is 24.2 Å². The lowest BCUT2D eigenvalue weighted by Gasteiger charge is -2.25. The van der Waals surface area contributed by atoms with Crippen LogP contribution in [0.2, 0.25) is 0 Å². The van der Waals surface area contributed by atoms with Crippen molar-refractivity contribution in [1.29, 1.82) is 0 Å².